The highest BCUT2D eigenvalue weighted by Crippen LogP contribution is 2.69. The quantitative estimate of drug-likeness (QED) is 0.271. The standard InChI is InChI=1S/C34H47NO2.2C2H6/c1-32(2)20-36-34(37-21-32)16-15-26-25(17-34)11-12-27-30-14-13-29(24-9-10-24)33(30,3)18-28(31(26)27)23-7-5-22(6-8-23)19-35-4;2*1-2/h5-8,19,24-25,27-30H,9-18,20-21H2,1-4H3;2*1-2H3. The Labute approximate surface area is 252 Å². The monoisotopic (exact) mass is 561 g/mol. The molecule has 1 aromatic rings. The van der Waals surface area contributed by atoms with Gasteiger partial charge in [-0.05, 0) is 97.5 Å². The van der Waals surface area contributed by atoms with Crippen molar-refractivity contribution < 1.29 is 9.47 Å². The summed E-state index contributed by atoms with van der Waals surface area (Å²) < 4.78 is 13.1. The molecule has 0 bridgehead atoms. The van der Waals surface area contributed by atoms with Crippen molar-refractivity contribution in [3.05, 3.63) is 46.5 Å². The average Bonchev–Trinajstić information content (AvgIpc) is 3.77. The molecule has 0 aromatic heterocycles. The summed E-state index contributed by atoms with van der Waals surface area (Å²) in [6.07, 6.45) is 15.2. The van der Waals surface area contributed by atoms with Crippen LogP contribution in [0.2, 0.25) is 0 Å². The van der Waals surface area contributed by atoms with Gasteiger partial charge in [-0.25, -0.2) is 0 Å². The molecule has 1 aromatic carbocycles. The van der Waals surface area contributed by atoms with E-state index >= 15 is 0 Å². The fraction of sp³-hybridized carbons (Fsp3) is 0.763. The number of allylic oxidation sites excluding steroid dienone is 2. The summed E-state index contributed by atoms with van der Waals surface area (Å²) in [5.74, 6) is 4.54. The van der Waals surface area contributed by atoms with Crippen LogP contribution in [0.3, 0.4) is 0 Å². The van der Waals surface area contributed by atoms with Gasteiger partial charge in [-0.1, -0.05) is 83.9 Å². The van der Waals surface area contributed by atoms with E-state index in [9.17, 15) is 0 Å². The predicted molar refractivity (Wildman–Crippen MR) is 173 cm³/mol. The second-order valence-corrected chi connectivity index (χ2v) is 14.7. The Hall–Kier alpha value is -1.45. The molecular weight excluding hydrogens is 502 g/mol. The van der Waals surface area contributed by atoms with Crippen LogP contribution in [0.4, 0.5) is 0 Å². The number of ether oxygens (including phenoxy) is 2. The molecule has 1 heterocycles. The first-order valence-electron chi connectivity index (χ1n) is 17.3. The number of hydrogen-bond acceptors (Lipinski definition) is 3. The molecule has 6 aliphatic rings. The van der Waals surface area contributed by atoms with Crippen molar-refractivity contribution in [2.24, 2.45) is 45.4 Å². The van der Waals surface area contributed by atoms with E-state index in [1.54, 1.807) is 5.56 Å². The minimum Gasteiger partial charge on any atom is -0.349 e. The van der Waals surface area contributed by atoms with E-state index in [4.69, 9.17) is 9.47 Å². The Balaban J connectivity index is 0.000000810. The number of nitrogens with zero attached hydrogens (tertiary/aromatic N) is 1. The zero-order valence-corrected chi connectivity index (χ0v) is 27.6. The average molecular weight is 562 g/mol. The first kappa shape index (κ1) is 31.0. The van der Waals surface area contributed by atoms with Gasteiger partial charge in [0.2, 0.25) is 0 Å². The fourth-order valence-electron chi connectivity index (χ4n) is 9.80. The Morgan fingerprint density at radius 1 is 0.805 bits per heavy atom. The van der Waals surface area contributed by atoms with Crippen LogP contribution >= 0.6 is 0 Å². The lowest BCUT2D eigenvalue weighted by molar-refractivity contribution is -0.312. The molecule has 6 atom stereocenters. The van der Waals surface area contributed by atoms with E-state index in [-0.39, 0.29) is 11.2 Å². The van der Waals surface area contributed by atoms with Crippen molar-refractivity contribution in [2.45, 2.75) is 124 Å². The molecule has 0 radical (unpaired) electrons. The molecule has 6 unspecified atom stereocenters. The summed E-state index contributed by atoms with van der Waals surface area (Å²) in [5.41, 5.74) is 7.10. The number of rotatable bonds is 3. The highest BCUT2D eigenvalue weighted by atomic mass is 16.7. The van der Waals surface area contributed by atoms with E-state index < -0.39 is 0 Å². The molecule has 1 saturated heterocycles. The summed E-state index contributed by atoms with van der Waals surface area (Å²) in [7, 11) is 1.87. The van der Waals surface area contributed by atoms with E-state index in [1.807, 2.05) is 52.1 Å². The SMILES string of the molecule is CC.CC.CN=Cc1ccc(C2CC3(C)C(C4CC4)CCC3C3CCC4CC5(CCC4=C23)OCC(C)(C)CO5)cc1. The van der Waals surface area contributed by atoms with Gasteiger partial charge in [-0.15, -0.1) is 0 Å². The molecular formula is C38H59NO2. The molecule has 1 spiro atoms. The number of aliphatic imine (C=N–C) groups is 1. The van der Waals surface area contributed by atoms with Gasteiger partial charge in [0.05, 0.1) is 13.2 Å². The van der Waals surface area contributed by atoms with Gasteiger partial charge < -0.3 is 9.47 Å². The van der Waals surface area contributed by atoms with Gasteiger partial charge in [0.1, 0.15) is 0 Å². The number of hydrogen-bond donors (Lipinski definition) is 0. The third-order valence-corrected chi connectivity index (χ3v) is 11.7. The van der Waals surface area contributed by atoms with Gasteiger partial charge in [0, 0.05) is 37.4 Å². The molecule has 3 nitrogen and oxygen atoms in total. The topological polar surface area (TPSA) is 30.8 Å². The first-order valence-corrected chi connectivity index (χ1v) is 17.3. The Morgan fingerprint density at radius 3 is 2.10 bits per heavy atom. The molecule has 1 aliphatic heterocycles. The largest absolute Gasteiger partial charge is 0.349 e. The van der Waals surface area contributed by atoms with Crippen LogP contribution in [0.25, 0.3) is 0 Å². The van der Waals surface area contributed by atoms with E-state index in [0.29, 0.717) is 17.3 Å². The molecule has 228 valence electrons. The van der Waals surface area contributed by atoms with Crippen LogP contribution in [0.1, 0.15) is 130 Å². The molecule has 0 N–H and O–H groups in total. The van der Waals surface area contributed by atoms with E-state index in [2.05, 4.69) is 50.0 Å². The van der Waals surface area contributed by atoms with Crippen LogP contribution in [0.15, 0.2) is 40.4 Å². The summed E-state index contributed by atoms with van der Waals surface area (Å²) >= 11 is 0. The normalized spacial score (nSPS) is 36.8. The Morgan fingerprint density at radius 2 is 1.46 bits per heavy atom. The second kappa shape index (κ2) is 12.3. The van der Waals surface area contributed by atoms with Crippen LogP contribution in [0, 0.1) is 40.4 Å². The minimum atomic E-state index is -0.332. The molecule has 4 saturated carbocycles. The lowest BCUT2D eigenvalue weighted by atomic mass is 9.50. The first-order chi connectivity index (χ1) is 19.8. The lowest BCUT2D eigenvalue weighted by Crippen LogP contribution is -2.52. The van der Waals surface area contributed by atoms with Gasteiger partial charge >= 0.3 is 0 Å². The number of fused-ring (bicyclic) bond motifs is 4. The number of benzene rings is 1. The second-order valence-electron chi connectivity index (χ2n) is 14.7. The predicted octanol–water partition coefficient (Wildman–Crippen LogP) is 9.99. The molecule has 41 heavy (non-hydrogen) atoms. The summed E-state index contributed by atoms with van der Waals surface area (Å²) in [4.78, 5) is 4.25. The maximum Gasteiger partial charge on any atom is 0.169 e. The third-order valence-electron chi connectivity index (χ3n) is 11.7. The van der Waals surface area contributed by atoms with Gasteiger partial charge in [-0.2, -0.15) is 0 Å². The van der Waals surface area contributed by atoms with Crippen LogP contribution in [-0.2, 0) is 9.47 Å². The Bertz CT molecular complexity index is 1090. The smallest absolute Gasteiger partial charge is 0.169 e. The van der Waals surface area contributed by atoms with E-state index in [0.717, 1.165) is 49.7 Å². The summed E-state index contributed by atoms with van der Waals surface area (Å²) in [6, 6.07) is 9.46. The minimum absolute atomic E-state index is 0.135. The zero-order chi connectivity index (χ0) is 29.4. The summed E-state index contributed by atoms with van der Waals surface area (Å²) in [6.45, 7) is 16.9. The van der Waals surface area contributed by atoms with Gasteiger partial charge in [-0.3, -0.25) is 4.99 Å². The van der Waals surface area contributed by atoms with E-state index in [1.165, 1.54) is 56.9 Å². The Kier molecular flexibility index (Phi) is 9.28. The van der Waals surface area contributed by atoms with Crippen LogP contribution in [-0.4, -0.2) is 32.3 Å². The third kappa shape index (κ3) is 5.76. The molecule has 5 aliphatic carbocycles. The van der Waals surface area contributed by atoms with Crippen molar-refractivity contribution in [1.29, 1.82) is 0 Å². The maximum absolute atomic E-state index is 6.53. The van der Waals surface area contributed by atoms with Gasteiger partial charge in [0.25, 0.3) is 0 Å². The lowest BCUT2D eigenvalue weighted by Gasteiger charge is -2.56. The van der Waals surface area contributed by atoms with Crippen LogP contribution < -0.4 is 0 Å². The van der Waals surface area contributed by atoms with Crippen molar-refractivity contribution >= 4 is 6.21 Å². The van der Waals surface area contributed by atoms with Crippen molar-refractivity contribution in [3.63, 3.8) is 0 Å². The van der Waals surface area contributed by atoms with Crippen LogP contribution in [0.5, 0.6) is 0 Å². The molecule has 5 fully saturated rings. The summed E-state index contributed by atoms with van der Waals surface area (Å²) in [5, 5.41) is 0. The molecule has 7 rings (SSSR count). The van der Waals surface area contributed by atoms with Crippen molar-refractivity contribution in [1.82, 2.24) is 0 Å². The van der Waals surface area contributed by atoms with Crippen molar-refractivity contribution in [3.8, 4) is 0 Å². The fourth-order valence-corrected chi connectivity index (χ4v) is 9.80. The zero-order valence-electron chi connectivity index (χ0n) is 27.6. The molecule has 0 amide bonds. The van der Waals surface area contributed by atoms with Crippen molar-refractivity contribution in [2.75, 3.05) is 20.3 Å². The highest BCUT2D eigenvalue weighted by Gasteiger charge is 2.60. The highest BCUT2D eigenvalue weighted by molar-refractivity contribution is 5.79. The maximum atomic E-state index is 6.53. The molecule has 3 heteroatoms. The van der Waals surface area contributed by atoms with Gasteiger partial charge in [0.15, 0.2) is 5.79 Å².